The summed E-state index contributed by atoms with van der Waals surface area (Å²) in [5.74, 6) is 2.96. The molecule has 76 valence electrons. The van der Waals surface area contributed by atoms with Gasteiger partial charge in [0, 0.05) is 12.1 Å². The molecule has 1 aliphatic heterocycles. The van der Waals surface area contributed by atoms with E-state index in [1.54, 1.807) is 0 Å². The minimum absolute atomic E-state index is 0.771. The van der Waals surface area contributed by atoms with Crippen molar-refractivity contribution in [3.63, 3.8) is 0 Å². The fourth-order valence-corrected chi connectivity index (χ4v) is 3.67. The predicted molar refractivity (Wildman–Crippen MR) is 56.7 cm³/mol. The lowest BCUT2D eigenvalue weighted by Crippen LogP contribution is -2.47. The summed E-state index contributed by atoms with van der Waals surface area (Å²) >= 11 is 0. The Kier molecular flexibility index (Phi) is 2.64. The van der Waals surface area contributed by atoms with Gasteiger partial charge in [0.1, 0.15) is 0 Å². The highest BCUT2D eigenvalue weighted by Crippen LogP contribution is 2.44. The number of hydrogen-bond acceptors (Lipinski definition) is 1. The second kappa shape index (κ2) is 3.61. The van der Waals surface area contributed by atoms with Gasteiger partial charge in [-0.25, -0.2) is 0 Å². The SMILES string of the molecule is CCCC1C2CC(C)NC1C(C)C2. The van der Waals surface area contributed by atoms with Crippen LogP contribution in [0.5, 0.6) is 0 Å². The summed E-state index contributed by atoms with van der Waals surface area (Å²) in [4.78, 5) is 0. The number of piperidine rings is 1. The van der Waals surface area contributed by atoms with Gasteiger partial charge in [0.05, 0.1) is 0 Å². The third-order valence-electron chi connectivity index (χ3n) is 4.11. The molecule has 2 fully saturated rings. The smallest absolute Gasteiger partial charge is 0.0126 e. The third-order valence-corrected chi connectivity index (χ3v) is 4.11. The maximum absolute atomic E-state index is 3.79. The van der Waals surface area contributed by atoms with Gasteiger partial charge in [-0.05, 0) is 43.9 Å². The van der Waals surface area contributed by atoms with Crippen molar-refractivity contribution in [3.8, 4) is 0 Å². The number of fused-ring (bicyclic) bond motifs is 2. The molecular formula is C12H23N. The second-order valence-corrected chi connectivity index (χ2v) is 5.25. The van der Waals surface area contributed by atoms with Gasteiger partial charge in [-0.2, -0.15) is 0 Å². The van der Waals surface area contributed by atoms with Gasteiger partial charge in [-0.15, -0.1) is 0 Å². The molecule has 0 amide bonds. The van der Waals surface area contributed by atoms with Crippen molar-refractivity contribution in [2.24, 2.45) is 17.8 Å². The van der Waals surface area contributed by atoms with Gasteiger partial charge < -0.3 is 5.32 Å². The predicted octanol–water partition coefficient (Wildman–Crippen LogP) is 2.81. The van der Waals surface area contributed by atoms with Crippen molar-refractivity contribution in [1.82, 2.24) is 5.32 Å². The van der Waals surface area contributed by atoms with E-state index in [2.05, 4.69) is 26.1 Å². The summed E-state index contributed by atoms with van der Waals surface area (Å²) in [5, 5.41) is 3.79. The average molecular weight is 181 g/mol. The molecule has 1 N–H and O–H groups in total. The van der Waals surface area contributed by atoms with Crippen LogP contribution in [0.3, 0.4) is 0 Å². The van der Waals surface area contributed by atoms with Crippen LogP contribution in [0.1, 0.15) is 46.5 Å². The molecule has 0 spiro atoms. The van der Waals surface area contributed by atoms with E-state index in [4.69, 9.17) is 0 Å². The lowest BCUT2D eigenvalue weighted by Gasteiger charge is -2.36. The molecule has 0 aromatic heterocycles. The van der Waals surface area contributed by atoms with Crippen molar-refractivity contribution in [2.45, 2.75) is 58.5 Å². The summed E-state index contributed by atoms with van der Waals surface area (Å²) in [6.07, 6.45) is 5.71. The summed E-state index contributed by atoms with van der Waals surface area (Å²) in [5.41, 5.74) is 0. The van der Waals surface area contributed by atoms with Crippen LogP contribution in [0.25, 0.3) is 0 Å². The molecule has 2 aliphatic rings. The minimum Gasteiger partial charge on any atom is -0.311 e. The summed E-state index contributed by atoms with van der Waals surface area (Å²) in [6, 6.07) is 1.61. The monoisotopic (exact) mass is 181 g/mol. The van der Waals surface area contributed by atoms with E-state index < -0.39 is 0 Å². The molecule has 0 aromatic rings. The Bertz CT molecular complexity index is 176. The van der Waals surface area contributed by atoms with Gasteiger partial charge >= 0.3 is 0 Å². The molecule has 13 heavy (non-hydrogen) atoms. The van der Waals surface area contributed by atoms with Crippen LogP contribution in [0.2, 0.25) is 0 Å². The number of rotatable bonds is 2. The first-order chi connectivity index (χ1) is 6.22. The maximum Gasteiger partial charge on any atom is 0.0126 e. The highest BCUT2D eigenvalue weighted by molar-refractivity contribution is 4.99. The van der Waals surface area contributed by atoms with Crippen molar-refractivity contribution >= 4 is 0 Å². The largest absolute Gasteiger partial charge is 0.311 e. The molecule has 0 radical (unpaired) electrons. The second-order valence-electron chi connectivity index (χ2n) is 5.25. The van der Waals surface area contributed by atoms with Gasteiger partial charge in [-0.1, -0.05) is 20.3 Å². The van der Waals surface area contributed by atoms with Gasteiger partial charge in [0.25, 0.3) is 0 Å². The van der Waals surface area contributed by atoms with Crippen LogP contribution in [0.4, 0.5) is 0 Å². The van der Waals surface area contributed by atoms with E-state index in [1.165, 1.54) is 25.7 Å². The van der Waals surface area contributed by atoms with E-state index in [0.29, 0.717) is 0 Å². The van der Waals surface area contributed by atoms with Gasteiger partial charge in [0.15, 0.2) is 0 Å². The third kappa shape index (κ3) is 1.63. The molecule has 1 heteroatoms. The van der Waals surface area contributed by atoms with E-state index in [-0.39, 0.29) is 0 Å². The van der Waals surface area contributed by atoms with Crippen molar-refractivity contribution < 1.29 is 0 Å². The molecular weight excluding hydrogens is 158 g/mol. The Balaban J connectivity index is 2.06. The highest BCUT2D eigenvalue weighted by Gasteiger charge is 2.44. The van der Waals surface area contributed by atoms with Gasteiger partial charge in [0.2, 0.25) is 0 Å². The Labute approximate surface area is 82.3 Å². The van der Waals surface area contributed by atoms with E-state index in [0.717, 1.165) is 29.8 Å². The zero-order chi connectivity index (χ0) is 9.42. The minimum atomic E-state index is 0.771. The van der Waals surface area contributed by atoms with Crippen LogP contribution >= 0.6 is 0 Å². The Morgan fingerprint density at radius 1 is 1.23 bits per heavy atom. The van der Waals surface area contributed by atoms with E-state index in [1.807, 2.05) is 0 Å². The molecule has 2 rings (SSSR count). The molecule has 1 aliphatic carbocycles. The highest BCUT2D eigenvalue weighted by atomic mass is 15.0. The number of hydrogen-bond donors (Lipinski definition) is 1. The van der Waals surface area contributed by atoms with Crippen LogP contribution in [-0.4, -0.2) is 12.1 Å². The van der Waals surface area contributed by atoms with E-state index in [9.17, 15) is 0 Å². The molecule has 5 unspecified atom stereocenters. The van der Waals surface area contributed by atoms with E-state index >= 15 is 0 Å². The first-order valence-corrected chi connectivity index (χ1v) is 5.98. The summed E-state index contributed by atoms with van der Waals surface area (Å²) < 4.78 is 0. The first-order valence-electron chi connectivity index (χ1n) is 5.98. The molecule has 1 saturated carbocycles. The van der Waals surface area contributed by atoms with Crippen molar-refractivity contribution in [2.75, 3.05) is 0 Å². The molecule has 0 aromatic carbocycles. The summed E-state index contributed by atoms with van der Waals surface area (Å²) in [6.45, 7) is 7.10. The zero-order valence-corrected chi connectivity index (χ0v) is 9.22. The van der Waals surface area contributed by atoms with Crippen LogP contribution in [0.15, 0.2) is 0 Å². The fourth-order valence-electron chi connectivity index (χ4n) is 3.67. The fraction of sp³-hybridized carbons (Fsp3) is 1.00. The van der Waals surface area contributed by atoms with Gasteiger partial charge in [-0.3, -0.25) is 0 Å². The molecule has 2 bridgehead atoms. The van der Waals surface area contributed by atoms with Crippen LogP contribution in [0, 0.1) is 17.8 Å². The Morgan fingerprint density at radius 2 is 2.00 bits per heavy atom. The van der Waals surface area contributed by atoms with Crippen molar-refractivity contribution in [3.05, 3.63) is 0 Å². The summed E-state index contributed by atoms with van der Waals surface area (Å²) in [7, 11) is 0. The van der Waals surface area contributed by atoms with Crippen LogP contribution in [-0.2, 0) is 0 Å². The number of nitrogens with one attached hydrogen (secondary N) is 1. The lowest BCUT2D eigenvalue weighted by atomic mass is 9.82. The standard InChI is InChI=1S/C12H23N/c1-4-5-11-10-6-8(2)12(11)13-9(3)7-10/h8-13H,4-7H2,1-3H3. The lowest BCUT2D eigenvalue weighted by molar-refractivity contribution is 0.200. The molecule has 1 saturated heterocycles. The molecule has 5 atom stereocenters. The van der Waals surface area contributed by atoms with Crippen LogP contribution < -0.4 is 5.32 Å². The maximum atomic E-state index is 3.79. The van der Waals surface area contributed by atoms with Crippen molar-refractivity contribution in [1.29, 1.82) is 0 Å². The Morgan fingerprint density at radius 3 is 2.62 bits per heavy atom. The zero-order valence-electron chi connectivity index (χ0n) is 9.22. The first kappa shape index (κ1) is 9.51. The molecule has 1 heterocycles. The Hall–Kier alpha value is -0.0400. The quantitative estimate of drug-likeness (QED) is 0.690. The normalized spacial score (nSPS) is 49.6. The molecule has 1 nitrogen and oxygen atoms in total. The average Bonchev–Trinajstić information content (AvgIpc) is 2.28. The topological polar surface area (TPSA) is 12.0 Å².